The summed E-state index contributed by atoms with van der Waals surface area (Å²) in [6, 6.07) is 6.75. The fourth-order valence-corrected chi connectivity index (χ4v) is 4.42. The number of hydrogen-bond acceptors (Lipinski definition) is 5. The molecular weight excluding hydrogens is 324 g/mol. The van der Waals surface area contributed by atoms with E-state index in [-0.39, 0.29) is 18.3 Å². The Hall–Kier alpha value is -2.12. The van der Waals surface area contributed by atoms with Crippen molar-refractivity contribution in [2.45, 2.75) is 31.8 Å². The van der Waals surface area contributed by atoms with Crippen molar-refractivity contribution in [3.8, 4) is 5.75 Å². The Morgan fingerprint density at radius 1 is 1.24 bits per heavy atom. The average Bonchev–Trinajstić information content (AvgIpc) is 2.54. The van der Waals surface area contributed by atoms with E-state index in [4.69, 9.17) is 5.11 Å². The summed E-state index contributed by atoms with van der Waals surface area (Å²) >= 11 is 0. The van der Waals surface area contributed by atoms with Gasteiger partial charge in [0.2, 0.25) is 0 Å². The molecule has 136 valence electrons. The monoisotopic (exact) mass is 348 g/mol. The number of rotatable bonds is 5. The zero-order valence-corrected chi connectivity index (χ0v) is 14.1. The molecule has 2 aliphatic heterocycles. The summed E-state index contributed by atoms with van der Waals surface area (Å²) in [5, 5.41) is 28.7. The van der Waals surface area contributed by atoms with Crippen molar-refractivity contribution in [3.63, 3.8) is 0 Å². The predicted molar refractivity (Wildman–Crippen MR) is 90.3 cm³/mol. The van der Waals surface area contributed by atoms with Gasteiger partial charge in [-0.2, -0.15) is 0 Å². The van der Waals surface area contributed by atoms with Crippen LogP contribution in [0.4, 0.5) is 0 Å². The zero-order valence-electron chi connectivity index (χ0n) is 14.1. The molecule has 0 spiro atoms. The number of piperidine rings is 2. The Bertz CT molecular complexity index is 665. The van der Waals surface area contributed by atoms with E-state index >= 15 is 0 Å². The summed E-state index contributed by atoms with van der Waals surface area (Å²) < 4.78 is 0. The van der Waals surface area contributed by atoms with E-state index in [2.05, 4.69) is 4.90 Å². The van der Waals surface area contributed by atoms with Crippen LogP contribution in [0.1, 0.15) is 24.8 Å². The van der Waals surface area contributed by atoms with Crippen LogP contribution < -0.4 is 0 Å². The van der Waals surface area contributed by atoms with E-state index in [1.165, 1.54) is 0 Å². The first-order valence-corrected chi connectivity index (χ1v) is 8.60. The molecular formula is C18H24N2O5. The fourth-order valence-electron chi connectivity index (χ4n) is 4.42. The molecule has 2 aliphatic rings. The second kappa shape index (κ2) is 7.01. The van der Waals surface area contributed by atoms with Gasteiger partial charge in [0, 0.05) is 25.7 Å². The van der Waals surface area contributed by atoms with E-state index in [1.807, 2.05) is 11.0 Å². The van der Waals surface area contributed by atoms with Gasteiger partial charge in [-0.3, -0.25) is 19.4 Å². The number of fused-ring (bicyclic) bond motifs is 1. The molecule has 1 aromatic carbocycles. The minimum absolute atomic E-state index is 0.105. The van der Waals surface area contributed by atoms with Crippen molar-refractivity contribution in [2.24, 2.45) is 5.41 Å². The highest BCUT2D eigenvalue weighted by Crippen LogP contribution is 2.42. The molecule has 1 aromatic rings. The van der Waals surface area contributed by atoms with Crippen LogP contribution in [0.3, 0.4) is 0 Å². The lowest BCUT2D eigenvalue weighted by Gasteiger charge is -2.52. The number of phenolic OH excluding ortho intramolecular Hbond substituents is 1. The van der Waals surface area contributed by atoms with Crippen LogP contribution in [0.5, 0.6) is 5.75 Å². The maximum atomic E-state index is 12.2. The number of carboxylic acid groups (broad SMARTS) is 2. The van der Waals surface area contributed by atoms with Gasteiger partial charge in [-0.15, -0.1) is 0 Å². The minimum Gasteiger partial charge on any atom is -0.508 e. The van der Waals surface area contributed by atoms with Gasteiger partial charge in [-0.1, -0.05) is 12.1 Å². The van der Waals surface area contributed by atoms with Crippen LogP contribution in [-0.4, -0.2) is 69.3 Å². The first kappa shape index (κ1) is 17.7. The smallest absolute Gasteiger partial charge is 0.317 e. The molecule has 7 nitrogen and oxygen atoms in total. The predicted octanol–water partition coefficient (Wildman–Crippen LogP) is 1.22. The van der Waals surface area contributed by atoms with E-state index in [0.29, 0.717) is 45.4 Å². The number of carbonyl (C=O) groups is 2. The summed E-state index contributed by atoms with van der Waals surface area (Å²) in [5.74, 6) is -1.55. The van der Waals surface area contributed by atoms with Gasteiger partial charge in [0.25, 0.3) is 0 Å². The molecule has 2 heterocycles. The van der Waals surface area contributed by atoms with Crippen molar-refractivity contribution in [1.82, 2.24) is 9.80 Å². The average molecular weight is 348 g/mol. The first-order chi connectivity index (χ1) is 11.9. The van der Waals surface area contributed by atoms with Crippen molar-refractivity contribution in [2.75, 3.05) is 26.2 Å². The molecule has 0 amide bonds. The Balaban J connectivity index is 1.79. The van der Waals surface area contributed by atoms with Crippen molar-refractivity contribution >= 4 is 11.9 Å². The SMILES string of the molecule is O=C(O)CN1CCC[C@]2(C(=O)O)CN(Cc3cccc(O)c3)CC[C@@H]12. The molecule has 3 N–H and O–H groups in total. The van der Waals surface area contributed by atoms with Crippen molar-refractivity contribution in [3.05, 3.63) is 29.8 Å². The standard InChI is InChI=1S/C18H24N2O5/c21-14-4-1-3-13(9-14)10-19-8-5-15-18(12-19,17(24)25)6-2-7-20(15)11-16(22)23/h1,3-4,9,15,21H,2,5-8,10-12H2,(H,22,23)(H,24,25)/t15-,18+/m1/s1. The number of benzene rings is 1. The molecule has 2 saturated heterocycles. The van der Waals surface area contributed by atoms with Gasteiger partial charge in [-0.05, 0) is 43.5 Å². The molecule has 7 heteroatoms. The Morgan fingerprint density at radius 2 is 2.04 bits per heavy atom. The fraction of sp³-hybridized carbons (Fsp3) is 0.556. The number of nitrogens with zero attached hydrogens (tertiary/aromatic N) is 2. The second-order valence-corrected chi connectivity index (χ2v) is 7.11. The number of carboxylic acids is 2. The van der Waals surface area contributed by atoms with Gasteiger partial charge in [0.05, 0.1) is 12.0 Å². The largest absolute Gasteiger partial charge is 0.508 e. The van der Waals surface area contributed by atoms with E-state index in [1.54, 1.807) is 18.2 Å². The summed E-state index contributed by atoms with van der Waals surface area (Å²) in [6.45, 7) is 2.23. The second-order valence-electron chi connectivity index (χ2n) is 7.11. The summed E-state index contributed by atoms with van der Waals surface area (Å²) in [6.07, 6.45) is 1.90. The first-order valence-electron chi connectivity index (χ1n) is 8.60. The maximum Gasteiger partial charge on any atom is 0.317 e. The minimum atomic E-state index is -0.928. The number of hydrogen-bond donors (Lipinski definition) is 3. The molecule has 0 bridgehead atoms. The molecule has 2 fully saturated rings. The molecule has 3 rings (SSSR count). The molecule has 0 saturated carbocycles. The quantitative estimate of drug-likeness (QED) is 0.735. The number of aromatic hydroxyl groups is 1. The number of likely N-dealkylation sites (tertiary alicyclic amines) is 2. The van der Waals surface area contributed by atoms with Gasteiger partial charge >= 0.3 is 11.9 Å². The topological polar surface area (TPSA) is 101 Å². The lowest BCUT2D eigenvalue weighted by molar-refractivity contribution is -0.166. The Morgan fingerprint density at radius 3 is 2.72 bits per heavy atom. The van der Waals surface area contributed by atoms with Crippen molar-refractivity contribution in [1.29, 1.82) is 0 Å². The zero-order chi connectivity index (χ0) is 18.0. The van der Waals surface area contributed by atoms with Crippen LogP contribution in [0.25, 0.3) is 0 Å². The van der Waals surface area contributed by atoms with E-state index in [0.717, 1.165) is 5.56 Å². The summed E-state index contributed by atoms with van der Waals surface area (Å²) in [5.41, 5.74) is 0.0140. The van der Waals surface area contributed by atoms with Crippen LogP contribution in [-0.2, 0) is 16.1 Å². The third-order valence-electron chi connectivity index (χ3n) is 5.45. The van der Waals surface area contributed by atoms with Crippen LogP contribution in [0.2, 0.25) is 0 Å². The van der Waals surface area contributed by atoms with Crippen molar-refractivity contribution < 1.29 is 24.9 Å². The van der Waals surface area contributed by atoms with Crippen LogP contribution in [0, 0.1) is 5.41 Å². The maximum absolute atomic E-state index is 12.2. The van der Waals surface area contributed by atoms with Gasteiger partial charge in [0.1, 0.15) is 5.75 Å². The highest BCUT2D eigenvalue weighted by Gasteiger charge is 2.53. The highest BCUT2D eigenvalue weighted by atomic mass is 16.4. The summed E-state index contributed by atoms with van der Waals surface area (Å²) in [7, 11) is 0. The number of phenols is 1. The lowest BCUT2D eigenvalue weighted by atomic mass is 9.69. The molecule has 0 unspecified atom stereocenters. The molecule has 0 aliphatic carbocycles. The third-order valence-corrected chi connectivity index (χ3v) is 5.45. The van der Waals surface area contributed by atoms with Gasteiger partial charge < -0.3 is 15.3 Å². The normalized spacial score (nSPS) is 27.6. The summed E-state index contributed by atoms with van der Waals surface area (Å²) in [4.78, 5) is 27.2. The van der Waals surface area contributed by atoms with Crippen LogP contribution in [0.15, 0.2) is 24.3 Å². The van der Waals surface area contributed by atoms with E-state index < -0.39 is 17.4 Å². The highest BCUT2D eigenvalue weighted by molar-refractivity contribution is 5.77. The molecule has 2 atom stereocenters. The van der Waals surface area contributed by atoms with Gasteiger partial charge in [0.15, 0.2) is 0 Å². The molecule has 0 radical (unpaired) electrons. The van der Waals surface area contributed by atoms with E-state index in [9.17, 15) is 19.8 Å². The lowest BCUT2D eigenvalue weighted by Crippen LogP contribution is -2.64. The molecule has 25 heavy (non-hydrogen) atoms. The van der Waals surface area contributed by atoms with Gasteiger partial charge in [-0.25, -0.2) is 0 Å². The Kier molecular flexibility index (Phi) is 4.96. The third kappa shape index (κ3) is 3.62. The number of aliphatic carboxylic acids is 2. The molecule has 0 aromatic heterocycles. The van der Waals surface area contributed by atoms with Crippen LogP contribution >= 0.6 is 0 Å². The Labute approximate surface area is 146 Å².